The first-order valence-corrected chi connectivity index (χ1v) is 11.0. The van der Waals surface area contributed by atoms with Gasteiger partial charge >= 0.3 is 6.18 Å². The second kappa shape index (κ2) is 7.22. The van der Waals surface area contributed by atoms with Crippen molar-refractivity contribution in [1.29, 1.82) is 0 Å². The molecule has 4 aromatic carbocycles. The van der Waals surface area contributed by atoms with E-state index in [9.17, 15) is 27.2 Å². The molecule has 2 aliphatic rings. The van der Waals surface area contributed by atoms with Gasteiger partial charge in [-0.3, -0.25) is 9.59 Å². The predicted octanol–water partition coefficient (Wildman–Crippen LogP) is 6.93. The number of fused-ring (bicyclic) bond motifs is 10. The van der Waals surface area contributed by atoms with Crippen LogP contribution < -0.4 is 0 Å². The first-order chi connectivity index (χ1) is 16.8. The van der Waals surface area contributed by atoms with E-state index < -0.39 is 35.4 Å². The molecule has 35 heavy (non-hydrogen) atoms. The summed E-state index contributed by atoms with van der Waals surface area (Å²) in [6.45, 7) is -1.16. The van der Waals surface area contributed by atoms with Gasteiger partial charge < -0.3 is 0 Å². The Morgan fingerprint density at radius 3 is 1.60 bits per heavy atom. The fourth-order valence-corrected chi connectivity index (χ4v) is 5.69. The molecule has 6 heteroatoms. The van der Waals surface area contributed by atoms with E-state index in [2.05, 4.69) is 0 Å². The van der Waals surface area contributed by atoms with Crippen LogP contribution in [0.2, 0.25) is 0 Å². The Morgan fingerprint density at radius 1 is 0.629 bits per heavy atom. The molecule has 0 heterocycles. The number of hydrogen-bond acceptors (Lipinski definition) is 2. The monoisotopic (exact) mass is 472 g/mol. The van der Waals surface area contributed by atoms with Crippen LogP contribution in [-0.4, -0.2) is 24.4 Å². The number of benzene rings is 4. The maximum atomic E-state index is 13.4. The molecule has 0 aliphatic heterocycles. The highest BCUT2D eigenvalue weighted by Crippen LogP contribution is 2.62. The molecule has 0 aromatic heterocycles. The maximum absolute atomic E-state index is 13.4. The molecule has 0 amide bonds. The zero-order chi connectivity index (χ0) is 24.5. The second-order valence-corrected chi connectivity index (χ2v) is 8.75. The third kappa shape index (κ3) is 2.77. The van der Waals surface area contributed by atoms with E-state index in [4.69, 9.17) is 0 Å². The Labute approximate surface area is 197 Å². The smallest absolute Gasteiger partial charge is 0.291 e. The van der Waals surface area contributed by atoms with Crippen molar-refractivity contribution in [3.8, 4) is 22.3 Å². The normalized spacial score (nSPS) is 17.0. The molecule has 2 nitrogen and oxygen atoms in total. The number of halogens is 4. The average Bonchev–Trinajstić information content (AvgIpc) is 3.33. The van der Waals surface area contributed by atoms with Gasteiger partial charge in [0, 0.05) is 11.1 Å². The van der Waals surface area contributed by atoms with Crippen molar-refractivity contribution in [2.75, 3.05) is 6.67 Å². The van der Waals surface area contributed by atoms with E-state index in [-0.39, 0.29) is 5.56 Å². The van der Waals surface area contributed by atoms with Gasteiger partial charge in [-0.2, -0.15) is 13.2 Å². The average molecular weight is 472 g/mol. The summed E-state index contributed by atoms with van der Waals surface area (Å²) in [6, 6.07) is 24.1. The standard InChI is InChI=1S/C29H16F4O2/c30-15-26(34)16-9-11-20-18-5-1-3-7-22(18)28(24(20)13-16)23-8-4-2-6-19(23)21-12-10-17(14-25(21)28)27(35)29(31,32)33/h1-14H,15H2. The number of Topliss-reactive ketones (excluding diaryl/α,β-unsaturated/α-hetero) is 2. The minimum Gasteiger partial charge on any atom is -0.291 e. The van der Waals surface area contributed by atoms with Crippen LogP contribution in [0.25, 0.3) is 22.3 Å². The molecule has 2 aliphatic carbocycles. The Balaban J connectivity index is 1.75. The fourth-order valence-electron chi connectivity index (χ4n) is 5.69. The minimum absolute atomic E-state index is 0.187. The van der Waals surface area contributed by atoms with E-state index in [1.54, 1.807) is 24.3 Å². The van der Waals surface area contributed by atoms with E-state index in [0.717, 1.165) is 27.8 Å². The van der Waals surface area contributed by atoms with Crippen LogP contribution in [0.5, 0.6) is 0 Å². The van der Waals surface area contributed by atoms with Crippen molar-refractivity contribution < 1.29 is 27.2 Å². The van der Waals surface area contributed by atoms with Gasteiger partial charge in [0.2, 0.25) is 0 Å². The molecule has 0 radical (unpaired) electrons. The summed E-state index contributed by atoms with van der Waals surface area (Å²) in [5.74, 6) is -2.59. The van der Waals surface area contributed by atoms with Gasteiger partial charge in [-0.1, -0.05) is 72.8 Å². The van der Waals surface area contributed by atoms with E-state index in [0.29, 0.717) is 16.7 Å². The molecular weight excluding hydrogens is 456 g/mol. The van der Waals surface area contributed by atoms with Crippen molar-refractivity contribution in [2.45, 2.75) is 11.6 Å². The Hall–Kier alpha value is -4.06. The summed E-state index contributed by atoms with van der Waals surface area (Å²) in [5.41, 5.74) is 4.80. The molecular formula is C29H16F4O2. The van der Waals surface area contributed by atoms with Crippen molar-refractivity contribution in [1.82, 2.24) is 0 Å². The molecule has 1 unspecified atom stereocenters. The zero-order valence-electron chi connectivity index (χ0n) is 18.1. The van der Waals surface area contributed by atoms with Crippen LogP contribution in [-0.2, 0) is 5.41 Å². The van der Waals surface area contributed by atoms with Crippen LogP contribution in [0, 0.1) is 0 Å². The molecule has 0 saturated carbocycles. The van der Waals surface area contributed by atoms with Crippen LogP contribution in [0.1, 0.15) is 43.0 Å². The van der Waals surface area contributed by atoms with Crippen molar-refractivity contribution in [2.24, 2.45) is 0 Å². The molecule has 0 saturated heterocycles. The van der Waals surface area contributed by atoms with E-state index in [1.807, 2.05) is 48.5 Å². The second-order valence-electron chi connectivity index (χ2n) is 8.75. The summed E-state index contributed by atoms with van der Waals surface area (Å²) in [6.07, 6.45) is -5.01. The van der Waals surface area contributed by atoms with E-state index >= 15 is 0 Å². The summed E-state index contributed by atoms with van der Waals surface area (Å²) in [7, 11) is 0. The van der Waals surface area contributed by atoms with Gasteiger partial charge in [-0.05, 0) is 56.6 Å². The van der Waals surface area contributed by atoms with Gasteiger partial charge in [0.05, 0.1) is 5.41 Å². The number of ketones is 2. The number of hydrogen-bond donors (Lipinski definition) is 0. The SMILES string of the molecule is O=C(CF)c1ccc2c(c1)C1(c3ccccc3-2)c2ccccc2-c2ccc(C(=O)C(F)(F)F)cc21. The topological polar surface area (TPSA) is 34.1 Å². The van der Waals surface area contributed by atoms with Crippen LogP contribution >= 0.6 is 0 Å². The lowest BCUT2D eigenvalue weighted by Crippen LogP contribution is -2.27. The Kier molecular flexibility index (Phi) is 4.43. The molecule has 6 rings (SSSR count). The third-order valence-electron chi connectivity index (χ3n) is 7.05. The molecule has 172 valence electrons. The molecule has 0 bridgehead atoms. The Morgan fingerprint density at radius 2 is 1.09 bits per heavy atom. The Bertz CT molecular complexity index is 1550. The van der Waals surface area contributed by atoms with Crippen molar-refractivity contribution in [3.63, 3.8) is 0 Å². The lowest BCUT2D eigenvalue weighted by molar-refractivity contribution is -0.0885. The highest BCUT2D eigenvalue weighted by molar-refractivity contribution is 6.04. The molecule has 0 fully saturated rings. The van der Waals surface area contributed by atoms with Crippen molar-refractivity contribution >= 4 is 11.6 Å². The molecule has 4 aromatic rings. The van der Waals surface area contributed by atoms with E-state index in [1.165, 1.54) is 12.1 Å². The molecule has 1 spiro atoms. The first kappa shape index (κ1) is 21.5. The van der Waals surface area contributed by atoms with Gasteiger partial charge in [0.1, 0.15) is 0 Å². The highest BCUT2D eigenvalue weighted by atomic mass is 19.4. The number of carbonyl (C=O) groups excluding carboxylic acids is 2. The first-order valence-electron chi connectivity index (χ1n) is 11.0. The van der Waals surface area contributed by atoms with Gasteiger partial charge in [0.25, 0.3) is 5.78 Å². The van der Waals surface area contributed by atoms with Crippen molar-refractivity contribution in [3.05, 3.63) is 118 Å². The number of alkyl halides is 4. The van der Waals surface area contributed by atoms with Crippen LogP contribution in [0.15, 0.2) is 84.9 Å². The van der Waals surface area contributed by atoms with Gasteiger partial charge in [-0.15, -0.1) is 0 Å². The summed E-state index contributed by atoms with van der Waals surface area (Å²) < 4.78 is 53.4. The predicted molar refractivity (Wildman–Crippen MR) is 123 cm³/mol. The maximum Gasteiger partial charge on any atom is 0.454 e. The summed E-state index contributed by atoms with van der Waals surface area (Å²) in [4.78, 5) is 24.5. The molecule has 0 N–H and O–H groups in total. The minimum atomic E-state index is -5.01. The highest BCUT2D eigenvalue weighted by Gasteiger charge is 2.52. The number of rotatable bonds is 3. The van der Waals surface area contributed by atoms with Crippen LogP contribution in [0.4, 0.5) is 17.6 Å². The van der Waals surface area contributed by atoms with Gasteiger partial charge in [0.15, 0.2) is 12.5 Å². The lowest BCUT2D eigenvalue weighted by Gasteiger charge is -2.31. The number of carbonyl (C=O) groups is 2. The summed E-state index contributed by atoms with van der Waals surface area (Å²) >= 11 is 0. The molecule has 1 atom stereocenters. The summed E-state index contributed by atoms with van der Waals surface area (Å²) in [5, 5.41) is 0. The van der Waals surface area contributed by atoms with Crippen LogP contribution in [0.3, 0.4) is 0 Å². The zero-order valence-corrected chi connectivity index (χ0v) is 18.1. The quantitative estimate of drug-likeness (QED) is 0.207. The van der Waals surface area contributed by atoms with Gasteiger partial charge in [-0.25, -0.2) is 4.39 Å². The third-order valence-corrected chi connectivity index (χ3v) is 7.05. The largest absolute Gasteiger partial charge is 0.454 e. The fraction of sp³-hybridized carbons (Fsp3) is 0.103. The lowest BCUT2D eigenvalue weighted by atomic mass is 9.70.